The zero-order chi connectivity index (χ0) is 20.0. The summed E-state index contributed by atoms with van der Waals surface area (Å²) >= 11 is 0. The maximum Gasteiger partial charge on any atom is 0.246 e. The first kappa shape index (κ1) is 22.1. The Hall–Kier alpha value is -1.93. The van der Waals surface area contributed by atoms with E-state index < -0.39 is 38.1 Å². The minimum atomic E-state index is -3.79. The second-order valence-corrected chi connectivity index (χ2v) is 8.68. The van der Waals surface area contributed by atoms with Crippen LogP contribution in [0.5, 0.6) is 5.75 Å². The lowest BCUT2D eigenvalue weighted by Gasteiger charge is -2.27. The number of ketones is 1. The van der Waals surface area contributed by atoms with Crippen LogP contribution < -0.4 is 16.2 Å². The van der Waals surface area contributed by atoms with Gasteiger partial charge in [-0.2, -0.15) is 0 Å². The maximum absolute atomic E-state index is 12.8. The fourth-order valence-corrected chi connectivity index (χ4v) is 5.16. The summed E-state index contributed by atoms with van der Waals surface area (Å²) in [6, 6.07) is 5.90. The Kier molecular flexibility index (Phi) is 7.77. The van der Waals surface area contributed by atoms with E-state index >= 15 is 0 Å². The monoisotopic (exact) mass is 384 g/mol. The van der Waals surface area contributed by atoms with Gasteiger partial charge in [0.25, 0.3) is 0 Å². The minimum Gasteiger partial charge on any atom is -0.497 e. The highest BCUT2D eigenvalue weighted by molar-refractivity contribution is 7.92. The summed E-state index contributed by atoms with van der Waals surface area (Å²) in [5.41, 5.74) is 9.10. The Morgan fingerprint density at radius 3 is 2.00 bits per heavy atom. The second-order valence-electron chi connectivity index (χ2n) is 6.40. The summed E-state index contributed by atoms with van der Waals surface area (Å²) in [5, 5.41) is -0.650. The standard InChI is InChI=1S/C18H28N2O5S/c1-4-6-15(7-5-2)26(23,24)12-18(20,17(19)22)16(21)13-8-10-14(25-3)11-9-13/h8-11,15H,4-7,12,20H2,1-3H3,(H2,19,22). The quantitative estimate of drug-likeness (QED) is 0.439. The number of carbonyl (C=O) groups excluding carboxylic acids is 2. The van der Waals surface area contributed by atoms with Gasteiger partial charge in [0.05, 0.1) is 18.1 Å². The summed E-state index contributed by atoms with van der Waals surface area (Å²) in [6.45, 7) is 3.76. The Morgan fingerprint density at radius 1 is 1.12 bits per heavy atom. The third-order valence-corrected chi connectivity index (χ3v) is 6.70. The fraction of sp³-hybridized carbons (Fsp3) is 0.556. The molecule has 1 aromatic rings. The van der Waals surface area contributed by atoms with E-state index in [1.807, 2.05) is 13.8 Å². The van der Waals surface area contributed by atoms with Gasteiger partial charge < -0.3 is 16.2 Å². The van der Waals surface area contributed by atoms with E-state index in [1.165, 1.54) is 31.4 Å². The van der Waals surface area contributed by atoms with E-state index in [1.54, 1.807) is 0 Å². The molecule has 1 rings (SSSR count). The number of methoxy groups -OCH3 is 1. The van der Waals surface area contributed by atoms with Gasteiger partial charge in [0.15, 0.2) is 21.2 Å². The van der Waals surface area contributed by atoms with Gasteiger partial charge in [-0.1, -0.05) is 26.7 Å². The van der Waals surface area contributed by atoms with E-state index in [2.05, 4.69) is 0 Å². The van der Waals surface area contributed by atoms with Gasteiger partial charge in [0.2, 0.25) is 5.91 Å². The van der Waals surface area contributed by atoms with Crippen LogP contribution in [0.25, 0.3) is 0 Å². The first-order valence-electron chi connectivity index (χ1n) is 8.61. The number of sulfone groups is 1. The predicted molar refractivity (Wildman–Crippen MR) is 101 cm³/mol. The molecule has 7 nitrogen and oxygen atoms in total. The van der Waals surface area contributed by atoms with Crippen LogP contribution in [0.2, 0.25) is 0 Å². The van der Waals surface area contributed by atoms with Crippen molar-refractivity contribution in [1.29, 1.82) is 0 Å². The largest absolute Gasteiger partial charge is 0.497 e. The van der Waals surface area contributed by atoms with E-state index in [4.69, 9.17) is 16.2 Å². The lowest BCUT2D eigenvalue weighted by molar-refractivity contribution is -0.120. The summed E-state index contributed by atoms with van der Waals surface area (Å²) in [7, 11) is -2.31. The van der Waals surface area contributed by atoms with Gasteiger partial charge >= 0.3 is 0 Å². The molecule has 0 aliphatic heterocycles. The van der Waals surface area contributed by atoms with Crippen LogP contribution in [0, 0.1) is 0 Å². The first-order valence-corrected chi connectivity index (χ1v) is 10.3. The molecule has 4 N–H and O–H groups in total. The molecule has 0 saturated heterocycles. The Balaban J connectivity index is 3.22. The number of carbonyl (C=O) groups is 2. The number of primary amides is 1. The molecule has 0 heterocycles. The lowest BCUT2D eigenvalue weighted by atomic mass is 9.91. The van der Waals surface area contributed by atoms with Crippen molar-refractivity contribution in [3.63, 3.8) is 0 Å². The highest BCUT2D eigenvalue weighted by Crippen LogP contribution is 2.22. The van der Waals surface area contributed by atoms with Gasteiger partial charge in [0, 0.05) is 5.56 Å². The third kappa shape index (κ3) is 5.04. The van der Waals surface area contributed by atoms with Crippen LogP contribution in [0.1, 0.15) is 49.9 Å². The molecule has 0 bridgehead atoms. The van der Waals surface area contributed by atoms with E-state index in [-0.39, 0.29) is 5.56 Å². The molecule has 1 atom stereocenters. The minimum absolute atomic E-state index is 0.102. The lowest BCUT2D eigenvalue weighted by Crippen LogP contribution is -2.63. The highest BCUT2D eigenvalue weighted by Gasteiger charge is 2.46. The van der Waals surface area contributed by atoms with Crippen LogP contribution in [0.3, 0.4) is 0 Å². The molecule has 26 heavy (non-hydrogen) atoms. The number of ether oxygens (including phenoxy) is 1. The number of rotatable bonds is 11. The SMILES string of the molecule is CCCC(CCC)S(=O)(=O)CC(N)(C(N)=O)C(=O)c1ccc(OC)cc1. The molecular formula is C18H28N2O5S. The molecule has 1 aromatic carbocycles. The molecule has 0 saturated carbocycles. The van der Waals surface area contributed by atoms with Crippen molar-refractivity contribution in [3.8, 4) is 5.75 Å². The van der Waals surface area contributed by atoms with Crippen LogP contribution in [-0.2, 0) is 14.6 Å². The molecule has 0 aromatic heterocycles. The number of nitrogens with two attached hydrogens (primary N) is 2. The number of hydrogen-bond acceptors (Lipinski definition) is 6. The summed E-state index contributed by atoms with van der Waals surface area (Å²) in [4.78, 5) is 24.8. The van der Waals surface area contributed by atoms with Crippen molar-refractivity contribution >= 4 is 21.5 Å². The fourth-order valence-electron chi connectivity index (χ4n) is 2.83. The number of amides is 1. The Bertz CT molecular complexity index is 724. The van der Waals surface area contributed by atoms with Crippen LogP contribution >= 0.6 is 0 Å². The van der Waals surface area contributed by atoms with Crippen LogP contribution in [0.15, 0.2) is 24.3 Å². The number of hydrogen-bond donors (Lipinski definition) is 2. The summed E-state index contributed by atoms with van der Waals surface area (Å²) in [6.07, 6.45) is 2.23. The van der Waals surface area contributed by atoms with Crippen molar-refractivity contribution in [2.45, 2.75) is 50.3 Å². The average Bonchev–Trinajstić information content (AvgIpc) is 2.60. The maximum atomic E-state index is 12.8. The summed E-state index contributed by atoms with van der Waals surface area (Å²) in [5.74, 6) is -2.26. The Labute approximate surface area is 155 Å². The van der Waals surface area contributed by atoms with E-state index in [9.17, 15) is 18.0 Å². The summed E-state index contributed by atoms with van der Waals surface area (Å²) < 4.78 is 30.6. The van der Waals surface area contributed by atoms with Crippen molar-refractivity contribution in [1.82, 2.24) is 0 Å². The Morgan fingerprint density at radius 2 is 1.62 bits per heavy atom. The molecule has 146 valence electrons. The molecule has 0 aliphatic carbocycles. The molecule has 0 radical (unpaired) electrons. The normalized spacial score (nSPS) is 14.0. The second kappa shape index (κ2) is 9.14. The zero-order valence-corrected chi connectivity index (χ0v) is 16.3. The van der Waals surface area contributed by atoms with Crippen molar-refractivity contribution in [3.05, 3.63) is 29.8 Å². The smallest absolute Gasteiger partial charge is 0.246 e. The molecular weight excluding hydrogens is 356 g/mol. The van der Waals surface area contributed by atoms with Gasteiger partial charge in [0.1, 0.15) is 5.75 Å². The first-order chi connectivity index (χ1) is 12.1. The number of Topliss-reactive ketones (excluding diaryl/α,β-unsaturated/α-hetero) is 1. The average molecular weight is 384 g/mol. The van der Waals surface area contributed by atoms with E-state index in [0.29, 0.717) is 31.4 Å². The van der Waals surface area contributed by atoms with Crippen molar-refractivity contribution in [2.24, 2.45) is 11.5 Å². The van der Waals surface area contributed by atoms with Gasteiger partial charge in [-0.25, -0.2) is 8.42 Å². The zero-order valence-electron chi connectivity index (χ0n) is 15.5. The molecule has 0 aliphatic rings. The van der Waals surface area contributed by atoms with Gasteiger partial charge in [-0.15, -0.1) is 0 Å². The third-order valence-electron chi connectivity index (χ3n) is 4.36. The van der Waals surface area contributed by atoms with Crippen molar-refractivity contribution in [2.75, 3.05) is 12.9 Å². The van der Waals surface area contributed by atoms with Crippen molar-refractivity contribution < 1.29 is 22.7 Å². The van der Waals surface area contributed by atoms with Crippen LogP contribution in [0.4, 0.5) is 0 Å². The molecule has 8 heteroatoms. The molecule has 1 unspecified atom stereocenters. The number of benzene rings is 1. The van der Waals surface area contributed by atoms with Gasteiger partial charge in [-0.3, -0.25) is 9.59 Å². The van der Waals surface area contributed by atoms with Gasteiger partial charge in [-0.05, 0) is 37.1 Å². The molecule has 1 amide bonds. The molecule has 0 fully saturated rings. The van der Waals surface area contributed by atoms with Crippen LogP contribution in [-0.4, -0.2) is 43.8 Å². The topological polar surface area (TPSA) is 130 Å². The van der Waals surface area contributed by atoms with E-state index in [0.717, 1.165) is 0 Å². The predicted octanol–water partition coefficient (Wildman–Crippen LogP) is 1.44. The highest BCUT2D eigenvalue weighted by atomic mass is 32.2. The molecule has 0 spiro atoms.